The molecule has 0 spiro atoms. The minimum absolute atomic E-state index is 0.0695. The molecule has 1 aliphatic carbocycles. The minimum atomic E-state index is -0.361. The third kappa shape index (κ3) is 4.44. The van der Waals surface area contributed by atoms with Crippen molar-refractivity contribution in [3.05, 3.63) is 29.6 Å². The molecule has 0 amide bonds. The van der Waals surface area contributed by atoms with Crippen LogP contribution < -0.4 is 0 Å². The molecule has 4 heteroatoms. The Balaban J connectivity index is 1.74. The highest BCUT2D eigenvalue weighted by Crippen LogP contribution is 2.24. The summed E-state index contributed by atoms with van der Waals surface area (Å²) in [6.07, 6.45) is 7.16. The summed E-state index contributed by atoms with van der Waals surface area (Å²) in [6, 6.07) is 3.71. The van der Waals surface area contributed by atoms with Crippen LogP contribution in [-0.4, -0.2) is 23.3 Å². The molecular weight excluding hydrogens is 254 g/mol. The van der Waals surface area contributed by atoms with Crippen LogP contribution in [0.3, 0.4) is 0 Å². The number of rotatable bonds is 5. The van der Waals surface area contributed by atoms with Gasteiger partial charge < -0.3 is 4.74 Å². The van der Waals surface area contributed by atoms with E-state index >= 15 is 0 Å². The van der Waals surface area contributed by atoms with Crippen LogP contribution in [0.25, 0.3) is 0 Å². The number of aromatic nitrogens is 1. The molecule has 108 valence electrons. The number of ether oxygens (including phenoxy) is 1. The van der Waals surface area contributed by atoms with Gasteiger partial charge in [-0.2, -0.15) is 0 Å². The first-order valence-electron chi connectivity index (χ1n) is 7.25. The van der Waals surface area contributed by atoms with Crippen molar-refractivity contribution < 1.29 is 14.3 Å². The lowest BCUT2D eigenvalue weighted by molar-refractivity contribution is -0.148. The van der Waals surface area contributed by atoms with Crippen molar-refractivity contribution >= 4 is 11.8 Å². The Morgan fingerprint density at radius 3 is 2.65 bits per heavy atom. The smallest absolute Gasteiger partial charge is 0.310 e. The van der Waals surface area contributed by atoms with Gasteiger partial charge in [-0.15, -0.1) is 0 Å². The van der Waals surface area contributed by atoms with E-state index in [9.17, 15) is 9.59 Å². The van der Waals surface area contributed by atoms with Gasteiger partial charge in [0, 0.05) is 17.8 Å². The van der Waals surface area contributed by atoms with Gasteiger partial charge in [-0.25, -0.2) is 0 Å². The maximum Gasteiger partial charge on any atom is 0.310 e. The number of nitrogens with zero attached hydrogens (tertiary/aromatic N) is 1. The van der Waals surface area contributed by atoms with Crippen molar-refractivity contribution in [3.8, 4) is 0 Å². The summed E-state index contributed by atoms with van der Waals surface area (Å²) in [5.41, 5.74) is 1.72. The topological polar surface area (TPSA) is 56.3 Å². The number of ketones is 1. The van der Waals surface area contributed by atoms with Gasteiger partial charge in [0.2, 0.25) is 0 Å². The summed E-state index contributed by atoms with van der Waals surface area (Å²) in [6.45, 7) is 1.81. The molecule has 20 heavy (non-hydrogen) atoms. The molecule has 1 saturated carbocycles. The minimum Gasteiger partial charge on any atom is -0.457 e. The molecule has 0 atom stereocenters. The Morgan fingerprint density at radius 1 is 1.25 bits per heavy atom. The second-order valence-electron chi connectivity index (χ2n) is 5.45. The standard InChI is InChI=1S/C16H21NO3/c1-12-7-8-13(10-17-12)9-16(19)20-11-15(18)14-5-3-2-4-6-14/h7-8,10,14H,2-6,9,11H2,1H3. The van der Waals surface area contributed by atoms with Crippen LogP contribution in [0.15, 0.2) is 18.3 Å². The Labute approximate surface area is 119 Å². The van der Waals surface area contributed by atoms with Crippen LogP contribution in [0, 0.1) is 12.8 Å². The van der Waals surface area contributed by atoms with Crippen LogP contribution in [0.2, 0.25) is 0 Å². The van der Waals surface area contributed by atoms with Gasteiger partial charge in [-0.3, -0.25) is 14.6 Å². The van der Waals surface area contributed by atoms with Gasteiger partial charge in [0.05, 0.1) is 6.42 Å². The second-order valence-corrected chi connectivity index (χ2v) is 5.45. The molecule has 1 aromatic rings. The SMILES string of the molecule is Cc1ccc(CC(=O)OCC(=O)C2CCCCC2)cn1. The molecule has 0 aliphatic heterocycles. The van der Waals surface area contributed by atoms with Gasteiger partial charge in [-0.1, -0.05) is 25.3 Å². The fraction of sp³-hybridized carbons (Fsp3) is 0.562. The van der Waals surface area contributed by atoms with Crippen molar-refractivity contribution in [3.63, 3.8) is 0 Å². The lowest BCUT2D eigenvalue weighted by atomic mass is 9.86. The van der Waals surface area contributed by atoms with Crippen molar-refractivity contribution in [2.45, 2.75) is 45.4 Å². The van der Waals surface area contributed by atoms with E-state index in [1.807, 2.05) is 19.1 Å². The molecule has 0 radical (unpaired) electrons. The zero-order chi connectivity index (χ0) is 14.4. The number of carbonyl (C=O) groups is 2. The van der Waals surface area contributed by atoms with Crippen molar-refractivity contribution in [2.24, 2.45) is 5.92 Å². The summed E-state index contributed by atoms with van der Waals surface area (Å²) in [4.78, 5) is 27.7. The van der Waals surface area contributed by atoms with E-state index in [0.717, 1.165) is 36.9 Å². The highest BCUT2D eigenvalue weighted by molar-refractivity contribution is 5.84. The van der Waals surface area contributed by atoms with E-state index in [-0.39, 0.29) is 30.7 Å². The van der Waals surface area contributed by atoms with Gasteiger partial charge in [0.15, 0.2) is 5.78 Å². The molecule has 4 nitrogen and oxygen atoms in total. The summed E-state index contributed by atoms with van der Waals surface area (Å²) >= 11 is 0. The lowest BCUT2D eigenvalue weighted by Crippen LogP contribution is -2.24. The van der Waals surface area contributed by atoms with Crippen LogP contribution in [0.4, 0.5) is 0 Å². The number of hydrogen-bond donors (Lipinski definition) is 0. The first-order valence-corrected chi connectivity index (χ1v) is 7.25. The average Bonchev–Trinajstić information content (AvgIpc) is 2.48. The number of hydrogen-bond acceptors (Lipinski definition) is 4. The molecular formula is C16H21NO3. The summed E-state index contributed by atoms with van der Waals surface area (Å²) < 4.78 is 5.07. The molecule has 0 N–H and O–H groups in total. The van der Waals surface area contributed by atoms with E-state index in [1.54, 1.807) is 6.20 Å². The molecule has 0 unspecified atom stereocenters. The van der Waals surface area contributed by atoms with Crippen LogP contribution in [0.1, 0.15) is 43.4 Å². The number of aryl methyl sites for hydroxylation is 1. The molecule has 0 aromatic carbocycles. The fourth-order valence-corrected chi connectivity index (χ4v) is 2.51. The summed E-state index contributed by atoms with van der Waals surface area (Å²) in [5.74, 6) is -0.197. The number of esters is 1. The monoisotopic (exact) mass is 275 g/mol. The van der Waals surface area contributed by atoms with Crippen molar-refractivity contribution in [2.75, 3.05) is 6.61 Å². The fourth-order valence-electron chi connectivity index (χ4n) is 2.51. The van der Waals surface area contributed by atoms with E-state index in [1.165, 1.54) is 6.42 Å². The molecule has 1 heterocycles. The van der Waals surface area contributed by atoms with E-state index in [0.29, 0.717) is 0 Å². The third-order valence-electron chi connectivity index (χ3n) is 3.76. The Bertz CT molecular complexity index is 461. The van der Waals surface area contributed by atoms with Crippen molar-refractivity contribution in [1.29, 1.82) is 0 Å². The normalized spacial score (nSPS) is 15.8. The Kier molecular flexibility index (Phi) is 5.27. The van der Waals surface area contributed by atoms with E-state index in [2.05, 4.69) is 4.98 Å². The maximum atomic E-state index is 11.9. The van der Waals surface area contributed by atoms with Gasteiger partial charge in [0.1, 0.15) is 6.61 Å². The van der Waals surface area contributed by atoms with Crippen molar-refractivity contribution in [1.82, 2.24) is 4.98 Å². The summed E-state index contributed by atoms with van der Waals surface area (Å²) in [5, 5.41) is 0. The first kappa shape index (κ1) is 14.7. The molecule has 1 aliphatic rings. The van der Waals surface area contributed by atoms with Crippen LogP contribution >= 0.6 is 0 Å². The second kappa shape index (κ2) is 7.17. The molecule has 0 bridgehead atoms. The first-order chi connectivity index (χ1) is 9.65. The zero-order valence-electron chi connectivity index (χ0n) is 11.9. The molecule has 2 rings (SSSR count). The number of carbonyl (C=O) groups excluding carboxylic acids is 2. The Hall–Kier alpha value is -1.71. The molecule has 1 aromatic heterocycles. The highest BCUT2D eigenvalue weighted by atomic mass is 16.5. The quantitative estimate of drug-likeness (QED) is 0.775. The van der Waals surface area contributed by atoms with E-state index in [4.69, 9.17) is 4.74 Å². The highest BCUT2D eigenvalue weighted by Gasteiger charge is 2.22. The predicted molar refractivity (Wildman–Crippen MR) is 75.2 cm³/mol. The number of pyridine rings is 1. The lowest BCUT2D eigenvalue weighted by Gasteiger charge is -2.19. The van der Waals surface area contributed by atoms with E-state index < -0.39 is 0 Å². The van der Waals surface area contributed by atoms with Gasteiger partial charge in [0.25, 0.3) is 0 Å². The largest absolute Gasteiger partial charge is 0.457 e. The van der Waals surface area contributed by atoms with Crippen LogP contribution in [0.5, 0.6) is 0 Å². The number of Topliss-reactive ketones (excluding diaryl/α,β-unsaturated/α-hetero) is 1. The molecule has 0 saturated heterocycles. The maximum absolute atomic E-state index is 11.9. The molecule has 1 fully saturated rings. The summed E-state index contributed by atoms with van der Waals surface area (Å²) in [7, 11) is 0. The van der Waals surface area contributed by atoms with Gasteiger partial charge >= 0.3 is 5.97 Å². The van der Waals surface area contributed by atoms with Crippen LogP contribution in [-0.2, 0) is 20.7 Å². The van der Waals surface area contributed by atoms with Gasteiger partial charge in [-0.05, 0) is 31.4 Å². The predicted octanol–water partition coefficient (Wildman–Crippen LogP) is 2.63. The average molecular weight is 275 g/mol. The third-order valence-corrected chi connectivity index (χ3v) is 3.76. The Morgan fingerprint density at radius 2 is 2.00 bits per heavy atom. The zero-order valence-corrected chi connectivity index (χ0v) is 11.9.